The Kier molecular flexibility index (Phi) is 6.17. The summed E-state index contributed by atoms with van der Waals surface area (Å²) >= 11 is 0. The summed E-state index contributed by atoms with van der Waals surface area (Å²) in [4.78, 5) is 2.38. The molecule has 52 heavy (non-hydrogen) atoms. The van der Waals surface area contributed by atoms with Crippen molar-refractivity contribution in [3.63, 3.8) is 0 Å². The zero-order valence-electron chi connectivity index (χ0n) is 28.2. The highest BCUT2D eigenvalue weighted by Crippen LogP contribution is 2.56. The fourth-order valence-corrected chi connectivity index (χ4v) is 8.86. The first-order valence-electron chi connectivity index (χ1n) is 17.8. The van der Waals surface area contributed by atoms with Crippen molar-refractivity contribution in [1.29, 1.82) is 0 Å². The zero-order chi connectivity index (χ0) is 34.2. The molecule has 2 aromatic heterocycles. The molecule has 0 fully saturated rings. The average molecular weight is 666 g/mol. The molecular formula is C49H31NO2. The molecule has 11 rings (SSSR count). The van der Waals surface area contributed by atoms with Crippen LogP contribution in [0.15, 0.2) is 197 Å². The topological polar surface area (TPSA) is 29.5 Å². The molecule has 0 N–H and O–H groups in total. The summed E-state index contributed by atoms with van der Waals surface area (Å²) < 4.78 is 12.9. The van der Waals surface area contributed by atoms with Gasteiger partial charge in [0.1, 0.15) is 22.3 Å². The molecule has 0 atom stereocenters. The van der Waals surface area contributed by atoms with Gasteiger partial charge in [0, 0.05) is 16.5 Å². The smallest absolute Gasteiger partial charge is 0.137 e. The molecule has 3 heteroatoms. The second kappa shape index (κ2) is 11.1. The van der Waals surface area contributed by atoms with E-state index in [1.54, 1.807) is 0 Å². The molecule has 0 amide bonds. The molecule has 1 aliphatic rings. The van der Waals surface area contributed by atoms with E-state index < -0.39 is 5.41 Å². The van der Waals surface area contributed by atoms with Crippen molar-refractivity contribution >= 4 is 60.9 Å². The summed E-state index contributed by atoms with van der Waals surface area (Å²) in [5.41, 5.74) is 13.7. The summed E-state index contributed by atoms with van der Waals surface area (Å²) in [6, 6.07) is 67.3. The molecule has 0 saturated carbocycles. The Morgan fingerprint density at radius 2 is 0.788 bits per heavy atom. The van der Waals surface area contributed by atoms with Gasteiger partial charge in [-0.2, -0.15) is 0 Å². The van der Waals surface area contributed by atoms with Gasteiger partial charge in [0.2, 0.25) is 0 Å². The largest absolute Gasteiger partial charge is 0.456 e. The number of rotatable bonds is 5. The Morgan fingerprint density at radius 3 is 1.35 bits per heavy atom. The van der Waals surface area contributed by atoms with E-state index >= 15 is 0 Å². The van der Waals surface area contributed by atoms with Gasteiger partial charge in [-0.15, -0.1) is 0 Å². The van der Waals surface area contributed by atoms with E-state index in [1.807, 2.05) is 24.3 Å². The van der Waals surface area contributed by atoms with Gasteiger partial charge in [-0.05, 0) is 81.9 Å². The lowest BCUT2D eigenvalue weighted by molar-refractivity contribution is 0.668. The maximum atomic E-state index is 6.43. The number of anilines is 3. The van der Waals surface area contributed by atoms with Gasteiger partial charge < -0.3 is 13.7 Å². The highest BCUT2D eigenvalue weighted by Gasteiger charge is 2.45. The molecule has 0 radical (unpaired) electrons. The lowest BCUT2D eigenvalue weighted by Gasteiger charge is -2.34. The van der Waals surface area contributed by atoms with Crippen molar-refractivity contribution < 1.29 is 8.83 Å². The first-order chi connectivity index (χ1) is 25.8. The number of fused-ring (bicyclic) bond motifs is 9. The van der Waals surface area contributed by atoms with Gasteiger partial charge >= 0.3 is 0 Å². The summed E-state index contributed by atoms with van der Waals surface area (Å²) in [7, 11) is 0. The predicted molar refractivity (Wildman–Crippen MR) is 213 cm³/mol. The fourth-order valence-electron chi connectivity index (χ4n) is 8.86. The lowest BCUT2D eigenvalue weighted by Crippen LogP contribution is -2.28. The van der Waals surface area contributed by atoms with Crippen LogP contribution < -0.4 is 4.90 Å². The minimum Gasteiger partial charge on any atom is -0.456 e. The highest BCUT2D eigenvalue weighted by molar-refractivity contribution is 6.17. The third-order valence-corrected chi connectivity index (χ3v) is 11.0. The predicted octanol–water partition coefficient (Wildman–Crippen LogP) is 13.3. The Labute approximate surface area is 300 Å². The maximum Gasteiger partial charge on any atom is 0.137 e. The van der Waals surface area contributed by atoms with Crippen molar-refractivity contribution in [3.8, 4) is 11.1 Å². The Hall–Kier alpha value is -6.84. The molecule has 0 saturated heterocycles. The van der Waals surface area contributed by atoms with E-state index in [-0.39, 0.29) is 0 Å². The van der Waals surface area contributed by atoms with Crippen LogP contribution in [0.4, 0.5) is 17.1 Å². The summed E-state index contributed by atoms with van der Waals surface area (Å²) in [5.74, 6) is 0. The molecule has 2 heterocycles. The minimum absolute atomic E-state index is 0.473. The van der Waals surface area contributed by atoms with Crippen LogP contribution in [0.5, 0.6) is 0 Å². The van der Waals surface area contributed by atoms with Crippen LogP contribution in [0.1, 0.15) is 22.3 Å². The Balaban J connectivity index is 1.19. The van der Waals surface area contributed by atoms with Crippen molar-refractivity contribution in [2.24, 2.45) is 0 Å². The molecule has 0 bridgehead atoms. The number of furan rings is 2. The molecule has 10 aromatic rings. The standard InChI is InChI=1S/C49H31NO2/c1-2-14-32(15-3-1)49(39-20-8-4-16-35(39)36-17-5-9-21-40(36)49)33-28-30-34(31-29-33)50(41-22-12-26-45-47(41)37-18-6-10-24-43(37)51-45)42-23-13-27-46-48(42)38-19-7-11-25-44(38)52-46/h1-31H. The van der Waals surface area contributed by atoms with Gasteiger partial charge in [0.25, 0.3) is 0 Å². The molecule has 3 nitrogen and oxygen atoms in total. The van der Waals surface area contributed by atoms with Crippen molar-refractivity contribution in [3.05, 3.63) is 210 Å². The minimum atomic E-state index is -0.473. The van der Waals surface area contributed by atoms with E-state index in [0.29, 0.717) is 0 Å². The number of para-hydroxylation sites is 2. The highest BCUT2D eigenvalue weighted by atomic mass is 16.3. The molecule has 0 spiro atoms. The lowest BCUT2D eigenvalue weighted by atomic mass is 9.68. The van der Waals surface area contributed by atoms with E-state index in [9.17, 15) is 0 Å². The van der Waals surface area contributed by atoms with Gasteiger partial charge in [-0.1, -0.05) is 140 Å². The fraction of sp³-hybridized carbons (Fsp3) is 0.0204. The normalized spacial score (nSPS) is 13.2. The van der Waals surface area contributed by atoms with Gasteiger partial charge in [-0.3, -0.25) is 0 Å². The average Bonchev–Trinajstić information content (AvgIpc) is 3.88. The second-order valence-corrected chi connectivity index (χ2v) is 13.6. The number of hydrogen-bond acceptors (Lipinski definition) is 3. The molecule has 0 unspecified atom stereocenters. The summed E-state index contributed by atoms with van der Waals surface area (Å²) in [5, 5.41) is 4.32. The third-order valence-electron chi connectivity index (χ3n) is 11.0. The Bertz CT molecular complexity index is 2810. The zero-order valence-corrected chi connectivity index (χ0v) is 28.2. The molecular weight excluding hydrogens is 635 g/mol. The first-order valence-corrected chi connectivity index (χ1v) is 17.8. The monoisotopic (exact) mass is 665 g/mol. The molecule has 0 aliphatic heterocycles. The molecule has 8 aromatic carbocycles. The van der Waals surface area contributed by atoms with Crippen molar-refractivity contribution in [2.45, 2.75) is 5.41 Å². The van der Waals surface area contributed by atoms with Crippen LogP contribution in [0, 0.1) is 0 Å². The van der Waals surface area contributed by atoms with Crippen LogP contribution in [-0.4, -0.2) is 0 Å². The third kappa shape index (κ3) is 3.96. The second-order valence-electron chi connectivity index (χ2n) is 13.6. The van der Waals surface area contributed by atoms with Crippen LogP contribution in [0.2, 0.25) is 0 Å². The molecule has 1 aliphatic carbocycles. The first kappa shape index (κ1) is 28.9. The quantitative estimate of drug-likeness (QED) is 0.183. The van der Waals surface area contributed by atoms with Crippen LogP contribution in [0.3, 0.4) is 0 Å². The SMILES string of the molecule is c1ccc(C2(c3ccc(N(c4cccc5oc6ccccc6c45)c4cccc5oc6ccccc6c45)cc3)c3ccccc3-c3ccccc32)cc1. The van der Waals surface area contributed by atoms with Crippen LogP contribution in [0.25, 0.3) is 55.0 Å². The number of benzene rings is 8. The number of nitrogens with zero attached hydrogens (tertiary/aromatic N) is 1. The Morgan fingerprint density at radius 1 is 0.346 bits per heavy atom. The summed E-state index contributed by atoms with van der Waals surface area (Å²) in [6.07, 6.45) is 0. The van der Waals surface area contributed by atoms with E-state index in [0.717, 1.165) is 60.9 Å². The van der Waals surface area contributed by atoms with Gasteiger partial charge in [0.15, 0.2) is 0 Å². The van der Waals surface area contributed by atoms with Crippen molar-refractivity contribution in [1.82, 2.24) is 0 Å². The molecule has 244 valence electrons. The van der Waals surface area contributed by atoms with Gasteiger partial charge in [0.05, 0.1) is 27.6 Å². The van der Waals surface area contributed by atoms with Crippen LogP contribution >= 0.6 is 0 Å². The maximum absolute atomic E-state index is 6.43. The van der Waals surface area contributed by atoms with Crippen LogP contribution in [-0.2, 0) is 5.41 Å². The number of hydrogen-bond donors (Lipinski definition) is 0. The van der Waals surface area contributed by atoms with E-state index in [4.69, 9.17) is 8.83 Å². The van der Waals surface area contributed by atoms with E-state index in [1.165, 1.54) is 33.4 Å². The van der Waals surface area contributed by atoms with Gasteiger partial charge in [-0.25, -0.2) is 0 Å². The van der Waals surface area contributed by atoms with E-state index in [2.05, 4.69) is 169 Å². The summed E-state index contributed by atoms with van der Waals surface area (Å²) in [6.45, 7) is 0. The van der Waals surface area contributed by atoms with Crippen molar-refractivity contribution in [2.75, 3.05) is 4.90 Å².